The smallest absolute Gasteiger partial charge is 0.353 e. The molecule has 4 aliphatic rings. The normalized spacial score (nSPS) is 32.1. The molecule has 3 saturated heterocycles. The Balaban J connectivity index is 1.42. The van der Waals surface area contributed by atoms with E-state index in [1.807, 2.05) is 13.8 Å². The van der Waals surface area contributed by atoms with Crippen molar-refractivity contribution in [3.63, 3.8) is 0 Å². The number of hydrogen-bond donors (Lipinski definition) is 2. The molecule has 2 N–H and O–H groups in total. The molecule has 4 rings (SSSR count). The molecule has 10 heteroatoms. The minimum atomic E-state index is -1.09. The number of fused-ring (bicyclic) bond motifs is 1. The monoisotopic (exact) mass is 492 g/mol. The van der Waals surface area contributed by atoms with Gasteiger partial charge in [-0.2, -0.15) is 0 Å². The fourth-order valence-electron chi connectivity index (χ4n) is 5.98. The molecule has 0 radical (unpaired) electrons. The summed E-state index contributed by atoms with van der Waals surface area (Å²) in [5.41, 5.74) is 0.0849. The van der Waals surface area contributed by atoms with E-state index in [9.17, 15) is 24.3 Å². The van der Waals surface area contributed by atoms with Crippen molar-refractivity contribution in [1.82, 2.24) is 20.0 Å². The van der Waals surface area contributed by atoms with Crippen molar-refractivity contribution >= 4 is 35.3 Å². The van der Waals surface area contributed by atoms with Crippen molar-refractivity contribution in [2.75, 3.05) is 40.3 Å². The topological polar surface area (TPSA) is 110 Å². The minimum absolute atomic E-state index is 0.0153. The Morgan fingerprint density at radius 1 is 1.24 bits per heavy atom. The Kier molecular flexibility index (Phi) is 7.40. The quantitative estimate of drug-likeness (QED) is 0.459. The molecule has 4 heterocycles. The fraction of sp³-hybridized carbons (Fsp3) is 0.750. The number of ketones is 1. The lowest BCUT2D eigenvalue weighted by atomic mass is 9.73. The van der Waals surface area contributed by atoms with Gasteiger partial charge in [0, 0.05) is 43.1 Å². The molecule has 9 nitrogen and oxygen atoms in total. The van der Waals surface area contributed by atoms with E-state index in [4.69, 9.17) is 0 Å². The summed E-state index contributed by atoms with van der Waals surface area (Å²) >= 11 is 1.49. The highest BCUT2D eigenvalue weighted by atomic mass is 32.2. The van der Waals surface area contributed by atoms with E-state index in [2.05, 4.69) is 10.2 Å². The first-order valence-electron chi connectivity index (χ1n) is 12.3. The maximum absolute atomic E-state index is 13.1. The van der Waals surface area contributed by atoms with Gasteiger partial charge in [0.25, 0.3) is 0 Å². The second-order valence-electron chi connectivity index (χ2n) is 10.4. The number of likely N-dealkylation sites (N-methyl/N-ethyl adjacent to an activating group) is 1. The van der Waals surface area contributed by atoms with E-state index in [-0.39, 0.29) is 58.4 Å². The van der Waals surface area contributed by atoms with Crippen LogP contribution in [0.4, 0.5) is 0 Å². The van der Waals surface area contributed by atoms with Gasteiger partial charge in [-0.3, -0.25) is 19.3 Å². The van der Waals surface area contributed by atoms with Gasteiger partial charge in [0.05, 0.1) is 24.5 Å². The summed E-state index contributed by atoms with van der Waals surface area (Å²) in [6.45, 7) is 6.90. The summed E-state index contributed by atoms with van der Waals surface area (Å²) in [5, 5.41) is 13.3. The molecule has 6 atom stereocenters. The standard InChI is InChI=1S/C24H36N4O5S/c1-13(9-15(29)12-27-7-5-6-8-27)18-19-14(2)21(20(24(32)33)28(19)23(18)31)34-16-10-17(25-11-16)22(30)26(3)4/h13-14,16-19,25H,5-12H2,1-4H3,(H,32,33)/t13-,14+,16-,17-,18+,19+/m0/s1. The maximum atomic E-state index is 13.1. The van der Waals surface area contributed by atoms with Crippen LogP contribution in [0.15, 0.2) is 10.6 Å². The van der Waals surface area contributed by atoms with E-state index in [1.165, 1.54) is 16.7 Å². The van der Waals surface area contributed by atoms with Gasteiger partial charge >= 0.3 is 5.97 Å². The predicted molar refractivity (Wildman–Crippen MR) is 129 cm³/mol. The Labute approximate surface area is 205 Å². The van der Waals surface area contributed by atoms with Gasteiger partial charge in [-0.25, -0.2) is 4.79 Å². The lowest BCUT2D eigenvalue weighted by molar-refractivity contribution is -0.160. The number of likely N-dealkylation sites (tertiary alicyclic amines) is 1. The number of carboxylic acids is 1. The first-order chi connectivity index (χ1) is 16.1. The molecular weight excluding hydrogens is 456 g/mol. The molecular formula is C24H36N4O5S. The second kappa shape index (κ2) is 9.99. The second-order valence-corrected chi connectivity index (χ2v) is 11.7. The largest absolute Gasteiger partial charge is 0.477 e. The van der Waals surface area contributed by atoms with E-state index < -0.39 is 5.97 Å². The molecule has 0 aromatic heterocycles. The van der Waals surface area contributed by atoms with Crippen LogP contribution in [0.1, 0.15) is 39.5 Å². The average Bonchev–Trinajstić information content (AvgIpc) is 3.48. The molecule has 34 heavy (non-hydrogen) atoms. The highest BCUT2D eigenvalue weighted by Gasteiger charge is 2.60. The Morgan fingerprint density at radius 2 is 1.91 bits per heavy atom. The van der Waals surface area contributed by atoms with Crippen LogP contribution >= 0.6 is 11.8 Å². The maximum Gasteiger partial charge on any atom is 0.353 e. The predicted octanol–water partition coefficient (Wildman–Crippen LogP) is 1.00. The van der Waals surface area contributed by atoms with Crippen LogP contribution in [-0.4, -0.2) is 101 Å². The molecule has 0 unspecified atom stereocenters. The van der Waals surface area contributed by atoms with Crippen LogP contribution < -0.4 is 5.32 Å². The number of carbonyl (C=O) groups is 4. The Hall–Kier alpha value is -1.91. The average molecular weight is 493 g/mol. The Bertz CT molecular complexity index is 900. The Morgan fingerprint density at radius 3 is 2.53 bits per heavy atom. The molecule has 0 aromatic rings. The zero-order chi connectivity index (χ0) is 24.7. The third-order valence-electron chi connectivity index (χ3n) is 7.68. The summed E-state index contributed by atoms with van der Waals surface area (Å²) in [6.07, 6.45) is 3.22. The van der Waals surface area contributed by atoms with Crippen molar-refractivity contribution < 1.29 is 24.3 Å². The van der Waals surface area contributed by atoms with Crippen LogP contribution in [0, 0.1) is 17.8 Å². The lowest BCUT2D eigenvalue weighted by Crippen LogP contribution is -2.62. The van der Waals surface area contributed by atoms with Crippen LogP contribution in [0.25, 0.3) is 0 Å². The third kappa shape index (κ3) is 4.64. The van der Waals surface area contributed by atoms with Gasteiger partial charge in [-0.05, 0) is 38.3 Å². The zero-order valence-electron chi connectivity index (χ0n) is 20.5. The van der Waals surface area contributed by atoms with Crippen molar-refractivity contribution in [2.24, 2.45) is 17.8 Å². The van der Waals surface area contributed by atoms with Crippen molar-refractivity contribution in [1.29, 1.82) is 0 Å². The number of amides is 2. The van der Waals surface area contributed by atoms with Crippen LogP contribution in [0.5, 0.6) is 0 Å². The number of carboxylic acid groups (broad SMARTS) is 1. The molecule has 0 aromatic carbocycles. The number of β-lactam (4-membered cyclic amide) rings is 1. The number of nitrogens with one attached hydrogen (secondary N) is 1. The number of nitrogens with zero attached hydrogens (tertiary/aromatic N) is 3. The summed E-state index contributed by atoms with van der Waals surface area (Å²) in [5.74, 6) is -1.68. The van der Waals surface area contributed by atoms with E-state index in [0.29, 0.717) is 30.8 Å². The SMILES string of the molecule is C[C@@H](CC(=O)CN1CCCC1)[C@H]1C(=O)N2C(C(=O)O)=C(S[C@@H]3CN[C@H](C(=O)N(C)C)C3)[C@H](C)[C@H]12. The van der Waals surface area contributed by atoms with Gasteiger partial charge in [-0.15, -0.1) is 11.8 Å². The third-order valence-corrected chi connectivity index (χ3v) is 9.19. The molecule has 2 amide bonds. The highest BCUT2D eigenvalue weighted by molar-refractivity contribution is 8.03. The van der Waals surface area contributed by atoms with Gasteiger partial charge in [0.2, 0.25) is 11.8 Å². The zero-order valence-corrected chi connectivity index (χ0v) is 21.3. The number of thioether (sulfide) groups is 1. The summed E-state index contributed by atoms with van der Waals surface area (Å²) in [7, 11) is 3.45. The van der Waals surface area contributed by atoms with E-state index >= 15 is 0 Å². The first-order valence-corrected chi connectivity index (χ1v) is 13.1. The fourth-order valence-corrected chi connectivity index (χ4v) is 7.46. The number of aliphatic carboxylic acids is 1. The number of hydrogen-bond acceptors (Lipinski definition) is 7. The number of Topliss-reactive ketones (excluding diaryl/α,β-unsaturated/α-hetero) is 1. The van der Waals surface area contributed by atoms with Crippen molar-refractivity contribution in [3.8, 4) is 0 Å². The highest BCUT2D eigenvalue weighted by Crippen LogP contribution is 2.53. The van der Waals surface area contributed by atoms with Crippen molar-refractivity contribution in [3.05, 3.63) is 10.6 Å². The number of rotatable bonds is 9. The van der Waals surface area contributed by atoms with Crippen LogP contribution in [0.2, 0.25) is 0 Å². The van der Waals surface area contributed by atoms with Gasteiger partial charge in [-0.1, -0.05) is 13.8 Å². The van der Waals surface area contributed by atoms with Crippen LogP contribution in [0.3, 0.4) is 0 Å². The van der Waals surface area contributed by atoms with Gasteiger partial charge in [0.1, 0.15) is 11.5 Å². The van der Waals surface area contributed by atoms with E-state index in [0.717, 1.165) is 25.9 Å². The van der Waals surface area contributed by atoms with Gasteiger partial charge < -0.3 is 20.2 Å². The summed E-state index contributed by atoms with van der Waals surface area (Å²) in [6, 6.07) is -0.490. The van der Waals surface area contributed by atoms with Crippen LogP contribution in [-0.2, 0) is 19.2 Å². The molecule has 0 aliphatic carbocycles. The lowest BCUT2D eigenvalue weighted by Gasteiger charge is -2.47. The van der Waals surface area contributed by atoms with Gasteiger partial charge in [0.15, 0.2) is 0 Å². The first kappa shape index (κ1) is 25.2. The molecule has 0 bridgehead atoms. The molecule has 188 valence electrons. The molecule has 0 saturated carbocycles. The molecule has 0 spiro atoms. The molecule has 3 fully saturated rings. The number of carbonyl (C=O) groups excluding carboxylic acids is 3. The summed E-state index contributed by atoms with van der Waals surface area (Å²) < 4.78 is 0. The van der Waals surface area contributed by atoms with Crippen molar-refractivity contribution in [2.45, 2.75) is 56.9 Å². The molecule has 4 aliphatic heterocycles. The van der Waals surface area contributed by atoms with E-state index in [1.54, 1.807) is 19.0 Å². The minimum Gasteiger partial charge on any atom is -0.477 e. The summed E-state index contributed by atoms with van der Waals surface area (Å²) in [4.78, 5) is 56.1.